The molecule has 43 heavy (non-hydrogen) atoms. The zero-order valence-corrected chi connectivity index (χ0v) is 26.5. The van der Waals surface area contributed by atoms with Crippen LogP contribution in [0.4, 0.5) is 8.78 Å². The van der Waals surface area contributed by atoms with E-state index in [-0.39, 0.29) is 17.0 Å². The molecule has 1 saturated carbocycles. The standard InChI is InChI=1S/C33H37BrF2N2O4S/c1-21-16-27-10-11-28(17-21)38(27)32(39)31(33(35,36)25-8-6-24-19-26(34)9-7-23(24)18-25)37-43(40,41)30-14-12-29(13-15-30)42-20-22-4-2-3-5-22/h6-9,12-15,18-19,21-22,27-28,31,37H,2-5,10-11,16-17,20H2,1H3. The van der Waals surface area contributed by atoms with Gasteiger partial charge in [-0.2, -0.15) is 13.5 Å². The minimum absolute atomic E-state index is 0.172. The number of halogens is 3. The number of hydrogen-bond donors (Lipinski definition) is 1. The number of nitrogens with one attached hydrogen (secondary N) is 1. The van der Waals surface area contributed by atoms with Crippen LogP contribution in [0.3, 0.4) is 0 Å². The van der Waals surface area contributed by atoms with E-state index in [9.17, 15) is 13.2 Å². The summed E-state index contributed by atoms with van der Waals surface area (Å²) in [5.74, 6) is -3.31. The van der Waals surface area contributed by atoms with E-state index < -0.39 is 33.5 Å². The van der Waals surface area contributed by atoms with E-state index in [2.05, 4.69) is 27.6 Å². The first-order chi connectivity index (χ1) is 20.5. The van der Waals surface area contributed by atoms with Gasteiger partial charge in [-0.15, -0.1) is 0 Å². The summed E-state index contributed by atoms with van der Waals surface area (Å²) in [7, 11) is -4.49. The summed E-state index contributed by atoms with van der Waals surface area (Å²) in [6.45, 7) is 2.67. The fourth-order valence-corrected chi connectivity index (χ4v) is 8.73. The summed E-state index contributed by atoms with van der Waals surface area (Å²) in [6.07, 6.45) is 7.53. The van der Waals surface area contributed by atoms with Gasteiger partial charge in [0.2, 0.25) is 15.9 Å². The van der Waals surface area contributed by atoms with Gasteiger partial charge in [-0.25, -0.2) is 8.42 Å². The number of alkyl halides is 2. The van der Waals surface area contributed by atoms with Crippen molar-refractivity contribution in [2.45, 2.75) is 87.2 Å². The van der Waals surface area contributed by atoms with E-state index in [1.807, 2.05) is 6.07 Å². The summed E-state index contributed by atoms with van der Waals surface area (Å²) >= 11 is 3.40. The molecule has 3 aromatic rings. The summed E-state index contributed by atoms with van der Waals surface area (Å²) in [4.78, 5) is 15.4. The van der Waals surface area contributed by atoms with E-state index in [0.717, 1.165) is 48.4 Å². The van der Waals surface area contributed by atoms with Crippen molar-refractivity contribution in [2.24, 2.45) is 11.8 Å². The van der Waals surface area contributed by atoms with Crippen LogP contribution in [-0.4, -0.2) is 44.0 Å². The van der Waals surface area contributed by atoms with Gasteiger partial charge in [0.05, 0.1) is 11.5 Å². The minimum Gasteiger partial charge on any atom is -0.493 e. The molecule has 1 N–H and O–H groups in total. The molecule has 230 valence electrons. The van der Waals surface area contributed by atoms with Gasteiger partial charge in [0.1, 0.15) is 5.75 Å². The van der Waals surface area contributed by atoms with Crippen molar-refractivity contribution in [1.29, 1.82) is 0 Å². The van der Waals surface area contributed by atoms with Gasteiger partial charge in [0.25, 0.3) is 5.92 Å². The van der Waals surface area contributed by atoms with Gasteiger partial charge in [-0.05, 0) is 104 Å². The highest BCUT2D eigenvalue weighted by Crippen LogP contribution is 2.42. The molecule has 2 heterocycles. The minimum atomic E-state index is -4.49. The molecule has 3 unspecified atom stereocenters. The second-order valence-electron chi connectivity index (χ2n) is 12.5. The van der Waals surface area contributed by atoms with Gasteiger partial charge in [0.15, 0.2) is 6.04 Å². The predicted molar refractivity (Wildman–Crippen MR) is 166 cm³/mol. The average molecular weight is 676 g/mol. The largest absolute Gasteiger partial charge is 0.493 e. The fraction of sp³-hybridized carbons (Fsp3) is 0.485. The maximum atomic E-state index is 16.5. The lowest BCUT2D eigenvalue weighted by Crippen LogP contribution is -2.59. The Labute approximate surface area is 260 Å². The Bertz CT molecular complexity index is 1580. The Morgan fingerprint density at radius 1 is 0.977 bits per heavy atom. The Kier molecular flexibility index (Phi) is 8.56. The molecule has 1 aliphatic carbocycles. The Morgan fingerprint density at radius 2 is 1.60 bits per heavy atom. The van der Waals surface area contributed by atoms with Crippen LogP contribution in [0.25, 0.3) is 10.8 Å². The topological polar surface area (TPSA) is 75.7 Å². The Hall–Kier alpha value is -2.56. The van der Waals surface area contributed by atoms with Crippen LogP contribution >= 0.6 is 15.9 Å². The predicted octanol–water partition coefficient (Wildman–Crippen LogP) is 7.40. The lowest BCUT2D eigenvalue weighted by Gasteiger charge is -2.41. The number of ether oxygens (including phenoxy) is 1. The van der Waals surface area contributed by atoms with Crippen molar-refractivity contribution in [3.63, 3.8) is 0 Å². The van der Waals surface area contributed by atoms with Gasteiger partial charge in [0, 0.05) is 22.1 Å². The molecule has 0 aromatic heterocycles. The van der Waals surface area contributed by atoms with E-state index in [1.54, 1.807) is 23.1 Å². The SMILES string of the molecule is CC1CC2CCC(C1)N2C(=O)C(NS(=O)(=O)c1ccc(OCC2CCCC2)cc1)C(F)(F)c1ccc2cc(Br)ccc2c1. The average Bonchev–Trinajstić information content (AvgIpc) is 3.60. The molecule has 3 aromatic carbocycles. The first-order valence-electron chi connectivity index (χ1n) is 15.2. The van der Waals surface area contributed by atoms with Crippen molar-refractivity contribution in [2.75, 3.05) is 6.61 Å². The van der Waals surface area contributed by atoms with Crippen molar-refractivity contribution >= 4 is 42.6 Å². The molecule has 0 radical (unpaired) electrons. The van der Waals surface area contributed by atoms with Crippen LogP contribution in [-0.2, 0) is 20.7 Å². The van der Waals surface area contributed by atoms with E-state index in [1.165, 1.54) is 49.2 Å². The molecular weight excluding hydrogens is 638 g/mol. The smallest absolute Gasteiger partial charge is 0.298 e. The van der Waals surface area contributed by atoms with Crippen LogP contribution in [0.2, 0.25) is 0 Å². The van der Waals surface area contributed by atoms with E-state index in [0.29, 0.717) is 29.6 Å². The molecule has 6 rings (SSSR count). The van der Waals surface area contributed by atoms with Crippen LogP contribution < -0.4 is 9.46 Å². The molecular formula is C33H37BrF2N2O4S. The number of rotatable bonds is 9. The summed E-state index contributed by atoms with van der Waals surface area (Å²) in [6, 6.07) is 12.5. The first-order valence-corrected chi connectivity index (χ1v) is 17.4. The zero-order valence-electron chi connectivity index (χ0n) is 24.1. The molecule has 6 nitrogen and oxygen atoms in total. The number of amides is 1. The normalized spacial score (nSPS) is 23.5. The van der Waals surface area contributed by atoms with Crippen molar-refractivity contribution in [3.05, 3.63) is 70.7 Å². The summed E-state index contributed by atoms with van der Waals surface area (Å²) < 4.78 is 69.1. The highest BCUT2D eigenvalue weighted by molar-refractivity contribution is 9.10. The van der Waals surface area contributed by atoms with E-state index >= 15 is 8.78 Å². The van der Waals surface area contributed by atoms with Gasteiger partial charge in [-0.3, -0.25) is 4.79 Å². The maximum absolute atomic E-state index is 16.5. The third-order valence-electron chi connectivity index (χ3n) is 9.39. The number of carbonyl (C=O) groups excluding carboxylic acids is 1. The maximum Gasteiger partial charge on any atom is 0.298 e. The highest BCUT2D eigenvalue weighted by Gasteiger charge is 2.53. The number of benzene rings is 3. The monoisotopic (exact) mass is 674 g/mol. The number of piperidine rings is 1. The van der Waals surface area contributed by atoms with Crippen LogP contribution in [0.5, 0.6) is 5.75 Å². The number of sulfonamides is 1. The molecule has 10 heteroatoms. The first kappa shape index (κ1) is 30.5. The molecule has 2 saturated heterocycles. The Morgan fingerprint density at radius 3 is 2.28 bits per heavy atom. The lowest BCUT2D eigenvalue weighted by atomic mass is 9.90. The van der Waals surface area contributed by atoms with Gasteiger partial charge in [-0.1, -0.05) is 53.9 Å². The Balaban J connectivity index is 1.30. The number of hydrogen-bond acceptors (Lipinski definition) is 4. The molecule has 3 aliphatic rings. The van der Waals surface area contributed by atoms with Crippen LogP contribution in [0.1, 0.15) is 63.9 Å². The van der Waals surface area contributed by atoms with Crippen molar-refractivity contribution in [1.82, 2.24) is 9.62 Å². The molecule has 2 aliphatic heterocycles. The van der Waals surface area contributed by atoms with E-state index in [4.69, 9.17) is 4.74 Å². The molecule has 0 spiro atoms. The third-order valence-corrected chi connectivity index (χ3v) is 11.3. The number of carbonyl (C=O) groups is 1. The quantitative estimate of drug-likeness (QED) is 0.257. The van der Waals surface area contributed by atoms with Crippen LogP contribution in [0.15, 0.2) is 70.0 Å². The van der Waals surface area contributed by atoms with Gasteiger partial charge >= 0.3 is 0 Å². The molecule has 3 fully saturated rings. The third kappa shape index (κ3) is 6.33. The number of nitrogens with zero attached hydrogens (tertiary/aromatic N) is 1. The highest BCUT2D eigenvalue weighted by atomic mass is 79.9. The lowest BCUT2D eigenvalue weighted by molar-refractivity contribution is -0.149. The molecule has 1 amide bonds. The second-order valence-corrected chi connectivity index (χ2v) is 15.2. The van der Waals surface area contributed by atoms with Gasteiger partial charge < -0.3 is 9.64 Å². The summed E-state index contributed by atoms with van der Waals surface area (Å²) in [5, 5.41) is 1.31. The van der Waals surface area contributed by atoms with Crippen molar-refractivity contribution < 1.29 is 26.7 Å². The second kappa shape index (κ2) is 12.1. The molecule has 3 atom stereocenters. The van der Waals surface area contributed by atoms with Crippen LogP contribution in [0, 0.1) is 11.8 Å². The number of fused-ring (bicyclic) bond motifs is 3. The fourth-order valence-electron chi connectivity index (χ4n) is 7.16. The molecule has 2 bridgehead atoms. The zero-order chi connectivity index (χ0) is 30.4. The van der Waals surface area contributed by atoms with Crippen molar-refractivity contribution in [3.8, 4) is 5.75 Å². The summed E-state index contributed by atoms with van der Waals surface area (Å²) in [5.41, 5.74) is -0.420.